The van der Waals surface area contributed by atoms with Crippen LogP contribution in [0.3, 0.4) is 0 Å². The molecule has 2 aromatic carbocycles. The maximum Gasteiger partial charge on any atom is 0.315 e. The molecule has 1 aliphatic rings. The van der Waals surface area contributed by atoms with Gasteiger partial charge in [-0.3, -0.25) is 14.9 Å². The number of nitro benzene ring substituents is 1. The fraction of sp³-hybridized carbons (Fsp3) is 0.346. The monoisotopic (exact) mass is 492 g/mol. The second-order valence-electron chi connectivity index (χ2n) is 8.63. The predicted octanol–water partition coefficient (Wildman–Crippen LogP) is 5.14. The number of ether oxygens (including phenoxy) is 1. The Morgan fingerprint density at radius 1 is 1.20 bits per heavy atom. The number of likely N-dealkylation sites (N-methyl/N-ethyl adjacent to an activating group) is 1. The Labute approximate surface area is 208 Å². The van der Waals surface area contributed by atoms with Crippen molar-refractivity contribution in [3.8, 4) is 0 Å². The number of aliphatic imine (C=N–C) groups is 1. The third kappa shape index (κ3) is 5.47. The van der Waals surface area contributed by atoms with E-state index in [1.807, 2.05) is 31.2 Å². The van der Waals surface area contributed by atoms with Gasteiger partial charge < -0.3 is 9.64 Å². The molecule has 0 saturated heterocycles. The highest BCUT2D eigenvalue weighted by Crippen LogP contribution is 2.47. The van der Waals surface area contributed by atoms with E-state index in [1.54, 1.807) is 19.1 Å². The van der Waals surface area contributed by atoms with Crippen molar-refractivity contribution < 1.29 is 14.5 Å². The number of nitrogens with zero attached hydrogens (tertiary/aromatic N) is 4. The first kappa shape index (κ1) is 24.7. The molecule has 1 aliphatic heterocycles. The standard InChI is InChI=1S/C26H28N4O4S/c1-4-34-26(31)22-17(2)27-25-24(23(22)19-11-8-12-20(15-19)30(32)33)21(28-35-25)13-14-29(3)16-18-9-6-5-7-10-18/h5-12,15,22-23H,4,13-14,16H2,1-3H3. The van der Waals surface area contributed by atoms with Crippen molar-refractivity contribution in [1.82, 2.24) is 9.27 Å². The van der Waals surface area contributed by atoms with E-state index in [1.165, 1.54) is 23.2 Å². The molecule has 0 spiro atoms. The van der Waals surface area contributed by atoms with Crippen LogP contribution >= 0.6 is 11.5 Å². The van der Waals surface area contributed by atoms with Crippen LogP contribution in [0.4, 0.5) is 10.7 Å². The molecule has 8 nitrogen and oxygen atoms in total. The van der Waals surface area contributed by atoms with Gasteiger partial charge in [0.25, 0.3) is 5.69 Å². The number of carbonyl (C=O) groups excluding carboxylic acids is 1. The van der Waals surface area contributed by atoms with Gasteiger partial charge in [0.1, 0.15) is 10.9 Å². The average Bonchev–Trinajstić information content (AvgIpc) is 3.25. The number of non-ortho nitro benzene ring substituents is 1. The van der Waals surface area contributed by atoms with Crippen LogP contribution in [0.15, 0.2) is 59.6 Å². The Hall–Kier alpha value is -3.43. The predicted molar refractivity (Wildman–Crippen MR) is 136 cm³/mol. The summed E-state index contributed by atoms with van der Waals surface area (Å²) in [7, 11) is 2.06. The van der Waals surface area contributed by atoms with E-state index < -0.39 is 16.8 Å². The zero-order valence-electron chi connectivity index (χ0n) is 20.0. The number of nitro groups is 1. The summed E-state index contributed by atoms with van der Waals surface area (Å²) in [5.74, 6) is -1.49. The molecule has 9 heteroatoms. The maximum atomic E-state index is 13.1. The molecule has 0 fully saturated rings. The molecule has 2 atom stereocenters. The molecular weight excluding hydrogens is 464 g/mol. The van der Waals surface area contributed by atoms with E-state index in [4.69, 9.17) is 14.1 Å². The molecule has 3 aromatic rings. The number of esters is 1. The Morgan fingerprint density at radius 3 is 2.69 bits per heavy atom. The van der Waals surface area contributed by atoms with Crippen molar-refractivity contribution in [2.75, 3.05) is 20.2 Å². The summed E-state index contributed by atoms with van der Waals surface area (Å²) in [5, 5.41) is 12.2. The second-order valence-corrected chi connectivity index (χ2v) is 9.39. The lowest BCUT2D eigenvalue weighted by molar-refractivity contribution is -0.384. The van der Waals surface area contributed by atoms with Crippen LogP contribution in [0.1, 0.15) is 42.1 Å². The van der Waals surface area contributed by atoms with Crippen LogP contribution in [0, 0.1) is 16.0 Å². The van der Waals surface area contributed by atoms with Crippen LogP contribution in [0.5, 0.6) is 0 Å². The summed E-state index contributed by atoms with van der Waals surface area (Å²) in [6.07, 6.45) is 0.671. The molecule has 35 heavy (non-hydrogen) atoms. The average molecular weight is 493 g/mol. The van der Waals surface area contributed by atoms with Crippen molar-refractivity contribution >= 4 is 33.9 Å². The molecule has 0 amide bonds. The minimum absolute atomic E-state index is 0.0147. The summed E-state index contributed by atoms with van der Waals surface area (Å²) in [6.45, 7) is 5.39. The van der Waals surface area contributed by atoms with E-state index >= 15 is 0 Å². The Kier molecular flexibility index (Phi) is 7.67. The zero-order valence-corrected chi connectivity index (χ0v) is 20.8. The van der Waals surface area contributed by atoms with Crippen molar-refractivity contribution in [2.45, 2.75) is 32.7 Å². The first-order valence-electron chi connectivity index (χ1n) is 11.6. The lowest BCUT2D eigenvalue weighted by Crippen LogP contribution is -2.33. The SMILES string of the molecule is CCOC(=O)C1C(C)=Nc2snc(CCN(C)Cc3ccccc3)c2C1c1cccc([N+](=O)[O-])c1. The lowest BCUT2D eigenvalue weighted by atomic mass is 9.76. The molecule has 0 aliphatic carbocycles. The number of aromatic nitrogens is 1. The highest BCUT2D eigenvalue weighted by Gasteiger charge is 2.41. The Morgan fingerprint density at radius 2 is 1.97 bits per heavy atom. The van der Waals surface area contributed by atoms with Crippen molar-refractivity contribution in [3.05, 3.63) is 87.1 Å². The molecule has 0 N–H and O–H groups in total. The minimum Gasteiger partial charge on any atom is -0.465 e. The number of hydrogen-bond acceptors (Lipinski definition) is 8. The van der Waals surface area contributed by atoms with Gasteiger partial charge in [-0.15, -0.1) is 0 Å². The van der Waals surface area contributed by atoms with Gasteiger partial charge in [0.05, 0.1) is 17.2 Å². The first-order chi connectivity index (χ1) is 16.9. The molecule has 4 rings (SSSR count). The van der Waals surface area contributed by atoms with Crippen LogP contribution in [0.2, 0.25) is 0 Å². The number of rotatable bonds is 9. The van der Waals surface area contributed by atoms with Crippen LogP contribution in [0.25, 0.3) is 0 Å². The maximum absolute atomic E-state index is 13.1. The number of fused-ring (bicyclic) bond motifs is 1. The second kappa shape index (κ2) is 10.9. The highest BCUT2D eigenvalue weighted by molar-refractivity contribution is 7.10. The fourth-order valence-corrected chi connectivity index (χ4v) is 5.45. The summed E-state index contributed by atoms with van der Waals surface area (Å²) in [6, 6.07) is 16.7. The van der Waals surface area contributed by atoms with E-state index in [9.17, 15) is 14.9 Å². The largest absolute Gasteiger partial charge is 0.465 e. The fourth-order valence-electron chi connectivity index (χ4n) is 4.53. The molecule has 0 bridgehead atoms. The Balaban J connectivity index is 1.68. The van der Waals surface area contributed by atoms with Crippen molar-refractivity contribution in [1.29, 1.82) is 0 Å². The van der Waals surface area contributed by atoms with Crippen LogP contribution in [-0.4, -0.2) is 46.1 Å². The molecule has 2 heterocycles. The summed E-state index contributed by atoms with van der Waals surface area (Å²) < 4.78 is 10.1. The summed E-state index contributed by atoms with van der Waals surface area (Å²) in [4.78, 5) is 31.1. The summed E-state index contributed by atoms with van der Waals surface area (Å²) >= 11 is 1.31. The number of hydrogen-bond donors (Lipinski definition) is 0. The molecule has 1 aromatic heterocycles. The topological polar surface area (TPSA) is 97.9 Å². The normalized spacial score (nSPS) is 17.1. The minimum atomic E-state index is -0.665. The molecular formula is C26H28N4O4S. The van der Waals surface area contributed by atoms with Gasteiger partial charge in [-0.1, -0.05) is 42.5 Å². The summed E-state index contributed by atoms with van der Waals surface area (Å²) in [5.41, 5.74) is 4.27. The highest BCUT2D eigenvalue weighted by atomic mass is 32.1. The van der Waals surface area contributed by atoms with Crippen LogP contribution in [-0.2, 0) is 22.5 Å². The van der Waals surface area contributed by atoms with Gasteiger partial charge in [0.2, 0.25) is 0 Å². The van der Waals surface area contributed by atoms with Gasteiger partial charge in [-0.2, -0.15) is 4.37 Å². The Bertz CT molecular complexity index is 1240. The third-order valence-electron chi connectivity index (χ3n) is 6.16. The third-order valence-corrected chi connectivity index (χ3v) is 6.96. The lowest BCUT2D eigenvalue weighted by Gasteiger charge is -2.30. The van der Waals surface area contributed by atoms with Gasteiger partial charge in [0.15, 0.2) is 0 Å². The van der Waals surface area contributed by atoms with Crippen molar-refractivity contribution in [3.63, 3.8) is 0 Å². The molecule has 0 saturated carbocycles. The van der Waals surface area contributed by atoms with E-state index in [0.717, 1.165) is 29.3 Å². The van der Waals surface area contributed by atoms with Gasteiger partial charge in [-0.25, -0.2) is 4.99 Å². The number of carbonyl (C=O) groups is 1. The van der Waals surface area contributed by atoms with Gasteiger partial charge >= 0.3 is 5.97 Å². The number of benzene rings is 2. The van der Waals surface area contributed by atoms with E-state index in [2.05, 4.69) is 24.1 Å². The van der Waals surface area contributed by atoms with E-state index in [-0.39, 0.29) is 18.3 Å². The molecule has 0 radical (unpaired) electrons. The zero-order chi connectivity index (χ0) is 24.9. The van der Waals surface area contributed by atoms with Crippen molar-refractivity contribution in [2.24, 2.45) is 10.9 Å². The first-order valence-corrected chi connectivity index (χ1v) is 12.3. The van der Waals surface area contributed by atoms with E-state index in [0.29, 0.717) is 17.7 Å². The quantitative estimate of drug-likeness (QED) is 0.233. The van der Waals surface area contributed by atoms with Gasteiger partial charge in [-0.05, 0) is 43.6 Å². The smallest absolute Gasteiger partial charge is 0.315 e. The van der Waals surface area contributed by atoms with Crippen LogP contribution < -0.4 is 0 Å². The molecule has 2 unspecified atom stereocenters. The van der Waals surface area contributed by atoms with Gasteiger partial charge in [0, 0.05) is 48.8 Å². The molecule has 182 valence electrons.